The first kappa shape index (κ1) is 11.1. The molecule has 0 N–H and O–H groups in total. The van der Waals surface area contributed by atoms with E-state index in [4.69, 9.17) is 32.7 Å². The van der Waals surface area contributed by atoms with Gasteiger partial charge in [0.05, 0.1) is 16.7 Å². The number of benzene rings is 2. The number of fused-ring (bicyclic) bond motifs is 1. The summed E-state index contributed by atoms with van der Waals surface area (Å²) in [5.74, 6) is 0.683. The predicted octanol–water partition coefficient (Wildman–Crippen LogP) is 3.92. The standard InChI is InChI=1S/C13H10Cl2O2/c14-11-5-12(15)13(17-7-8-6-16-8)10-4-2-1-3-9(10)11/h1-5,8H,6-7H2. The topological polar surface area (TPSA) is 21.8 Å². The first-order valence-electron chi connectivity index (χ1n) is 5.37. The molecule has 2 aromatic rings. The summed E-state index contributed by atoms with van der Waals surface area (Å²) in [5.41, 5.74) is 0. The Balaban J connectivity index is 2.07. The normalized spacial score (nSPS) is 18.4. The predicted molar refractivity (Wildman–Crippen MR) is 69.2 cm³/mol. The lowest BCUT2D eigenvalue weighted by Gasteiger charge is -2.11. The fourth-order valence-electron chi connectivity index (χ4n) is 1.76. The van der Waals surface area contributed by atoms with Gasteiger partial charge in [-0.15, -0.1) is 0 Å². The van der Waals surface area contributed by atoms with Crippen LogP contribution in [0.5, 0.6) is 5.75 Å². The molecule has 88 valence electrons. The van der Waals surface area contributed by atoms with Crippen molar-refractivity contribution in [2.75, 3.05) is 13.2 Å². The van der Waals surface area contributed by atoms with Crippen molar-refractivity contribution in [2.24, 2.45) is 0 Å². The van der Waals surface area contributed by atoms with Gasteiger partial charge in [-0.2, -0.15) is 0 Å². The Morgan fingerprint density at radius 3 is 2.59 bits per heavy atom. The van der Waals surface area contributed by atoms with Crippen LogP contribution in [0.1, 0.15) is 0 Å². The second kappa shape index (κ2) is 4.37. The molecule has 1 fully saturated rings. The number of ether oxygens (including phenoxy) is 2. The Morgan fingerprint density at radius 1 is 1.18 bits per heavy atom. The molecule has 1 saturated heterocycles. The van der Waals surface area contributed by atoms with Gasteiger partial charge >= 0.3 is 0 Å². The Kier molecular flexibility index (Phi) is 2.87. The summed E-state index contributed by atoms with van der Waals surface area (Å²) in [4.78, 5) is 0. The molecular weight excluding hydrogens is 259 g/mol. The lowest BCUT2D eigenvalue weighted by atomic mass is 10.1. The Hall–Kier alpha value is -0.960. The Morgan fingerprint density at radius 2 is 1.88 bits per heavy atom. The molecule has 0 bridgehead atoms. The lowest BCUT2D eigenvalue weighted by molar-refractivity contribution is 0.265. The van der Waals surface area contributed by atoms with Crippen LogP contribution in [0.15, 0.2) is 30.3 Å². The van der Waals surface area contributed by atoms with E-state index < -0.39 is 0 Å². The minimum atomic E-state index is 0.209. The zero-order valence-corrected chi connectivity index (χ0v) is 10.5. The average molecular weight is 269 g/mol. The van der Waals surface area contributed by atoms with Crippen molar-refractivity contribution in [2.45, 2.75) is 6.10 Å². The van der Waals surface area contributed by atoms with E-state index in [0.717, 1.165) is 17.4 Å². The molecule has 3 rings (SSSR count). The number of rotatable bonds is 3. The van der Waals surface area contributed by atoms with Crippen LogP contribution < -0.4 is 4.74 Å². The van der Waals surface area contributed by atoms with E-state index in [1.54, 1.807) is 6.07 Å². The van der Waals surface area contributed by atoms with Gasteiger partial charge < -0.3 is 9.47 Å². The van der Waals surface area contributed by atoms with E-state index >= 15 is 0 Å². The highest BCUT2D eigenvalue weighted by Crippen LogP contribution is 2.38. The third-order valence-corrected chi connectivity index (χ3v) is 3.31. The van der Waals surface area contributed by atoms with Crippen LogP contribution in [0.3, 0.4) is 0 Å². The van der Waals surface area contributed by atoms with Crippen molar-refractivity contribution in [1.29, 1.82) is 0 Å². The summed E-state index contributed by atoms with van der Waals surface area (Å²) in [5, 5.41) is 3.06. The molecule has 17 heavy (non-hydrogen) atoms. The Bertz CT molecular complexity index is 565. The van der Waals surface area contributed by atoms with Crippen LogP contribution in [-0.2, 0) is 4.74 Å². The summed E-state index contributed by atoms with van der Waals surface area (Å²) in [7, 11) is 0. The van der Waals surface area contributed by atoms with Crippen LogP contribution in [0.4, 0.5) is 0 Å². The minimum absolute atomic E-state index is 0.209. The monoisotopic (exact) mass is 268 g/mol. The van der Waals surface area contributed by atoms with Crippen LogP contribution in [-0.4, -0.2) is 19.3 Å². The minimum Gasteiger partial charge on any atom is -0.489 e. The molecule has 1 unspecified atom stereocenters. The first-order chi connectivity index (χ1) is 8.25. The number of epoxide rings is 1. The van der Waals surface area contributed by atoms with Crippen molar-refractivity contribution in [3.63, 3.8) is 0 Å². The molecule has 2 nitrogen and oxygen atoms in total. The number of hydrogen-bond acceptors (Lipinski definition) is 2. The van der Waals surface area contributed by atoms with Gasteiger partial charge in [-0.1, -0.05) is 47.5 Å². The van der Waals surface area contributed by atoms with Gasteiger partial charge in [-0.3, -0.25) is 0 Å². The van der Waals surface area contributed by atoms with Crippen molar-refractivity contribution >= 4 is 34.0 Å². The van der Waals surface area contributed by atoms with Gasteiger partial charge in [0, 0.05) is 10.8 Å². The summed E-state index contributed by atoms with van der Waals surface area (Å²) in [6, 6.07) is 9.50. The molecule has 1 atom stereocenters. The fourth-order valence-corrected chi connectivity index (χ4v) is 2.36. The van der Waals surface area contributed by atoms with E-state index in [9.17, 15) is 0 Å². The zero-order chi connectivity index (χ0) is 11.8. The smallest absolute Gasteiger partial charge is 0.145 e. The fraction of sp³-hybridized carbons (Fsp3) is 0.231. The van der Waals surface area contributed by atoms with Gasteiger partial charge in [0.1, 0.15) is 18.5 Å². The van der Waals surface area contributed by atoms with Crippen LogP contribution in [0.25, 0.3) is 10.8 Å². The molecule has 1 aliphatic rings. The van der Waals surface area contributed by atoms with Crippen LogP contribution in [0.2, 0.25) is 10.0 Å². The number of hydrogen-bond donors (Lipinski definition) is 0. The molecular formula is C13H10Cl2O2. The molecule has 0 amide bonds. The third-order valence-electron chi connectivity index (χ3n) is 2.72. The van der Waals surface area contributed by atoms with E-state index in [0.29, 0.717) is 22.4 Å². The molecule has 0 saturated carbocycles. The van der Waals surface area contributed by atoms with Crippen molar-refractivity contribution in [1.82, 2.24) is 0 Å². The quantitative estimate of drug-likeness (QED) is 0.787. The van der Waals surface area contributed by atoms with Crippen LogP contribution in [0, 0.1) is 0 Å². The first-order valence-corrected chi connectivity index (χ1v) is 6.12. The van der Waals surface area contributed by atoms with E-state index in [1.807, 2.05) is 24.3 Å². The molecule has 1 aliphatic heterocycles. The maximum absolute atomic E-state index is 6.16. The highest BCUT2D eigenvalue weighted by atomic mass is 35.5. The molecule has 1 heterocycles. The molecule has 0 aliphatic carbocycles. The van der Waals surface area contributed by atoms with Gasteiger partial charge in [0.2, 0.25) is 0 Å². The molecule has 4 heteroatoms. The summed E-state index contributed by atoms with van der Waals surface area (Å²) in [6.07, 6.45) is 0.209. The average Bonchev–Trinajstić information content (AvgIpc) is 3.13. The van der Waals surface area contributed by atoms with Crippen molar-refractivity contribution in [3.05, 3.63) is 40.4 Å². The third kappa shape index (κ3) is 2.21. The second-order valence-electron chi connectivity index (χ2n) is 3.98. The zero-order valence-electron chi connectivity index (χ0n) is 8.95. The molecule has 2 aromatic carbocycles. The van der Waals surface area contributed by atoms with E-state index in [-0.39, 0.29) is 6.10 Å². The highest BCUT2D eigenvalue weighted by molar-refractivity contribution is 6.39. The van der Waals surface area contributed by atoms with Crippen LogP contribution >= 0.6 is 23.2 Å². The number of halogens is 2. The van der Waals surface area contributed by atoms with Gasteiger partial charge in [0.25, 0.3) is 0 Å². The highest BCUT2D eigenvalue weighted by Gasteiger charge is 2.24. The SMILES string of the molecule is Clc1cc(Cl)c2ccccc2c1OCC1CO1. The van der Waals surface area contributed by atoms with Crippen molar-refractivity contribution < 1.29 is 9.47 Å². The summed E-state index contributed by atoms with van der Waals surface area (Å²) >= 11 is 12.3. The molecule has 0 radical (unpaired) electrons. The maximum Gasteiger partial charge on any atom is 0.145 e. The van der Waals surface area contributed by atoms with Gasteiger partial charge in [0.15, 0.2) is 0 Å². The largest absolute Gasteiger partial charge is 0.489 e. The Labute approximate surface area is 109 Å². The second-order valence-corrected chi connectivity index (χ2v) is 4.80. The van der Waals surface area contributed by atoms with Gasteiger partial charge in [-0.25, -0.2) is 0 Å². The lowest BCUT2D eigenvalue weighted by Crippen LogP contribution is -2.04. The molecule has 0 spiro atoms. The maximum atomic E-state index is 6.16. The summed E-state index contributed by atoms with van der Waals surface area (Å²) < 4.78 is 10.8. The van der Waals surface area contributed by atoms with Gasteiger partial charge in [-0.05, 0) is 6.07 Å². The molecule has 0 aromatic heterocycles. The van der Waals surface area contributed by atoms with E-state index in [1.165, 1.54) is 0 Å². The summed E-state index contributed by atoms with van der Waals surface area (Å²) in [6.45, 7) is 1.30. The van der Waals surface area contributed by atoms with E-state index in [2.05, 4.69) is 0 Å². The van der Waals surface area contributed by atoms with Crippen molar-refractivity contribution in [3.8, 4) is 5.75 Å².